The Morgan fingerprint density at radius 1 is 0.526 bits per heavy atom. The molecule has 57 heavy (non-hydrogen) atoms. The number of amidine groups is 1. The molecule has 2 unspecified atom stereocenters. The molecule has 2 atom stereocenters. The maximum absolute atomic E-state index is 6.88. The van der Waals surface area contributed by atoms with Crippen molar-refractivity contribution in [3.8, 4) is 11.1 Å². The Morgan fingerprint density at radius 3 is 1.98 bits per heavy atom. The normalized spacial score (nSPS) is 15.5. The van der Waals surface area contributed by atoms with E-state index in [0.29, 0.717) is 0 Å². The summed E-state index contributed by atoms with van der Waals surface area (Å²) in [6.45, 7) is 0. The van der Waals surface area contributed by atoms with Gasteiger partial charge in [-0.2, -0.15) is 0 Å². The molecule has 0 fully saturated rings. The lowest BCUT2D eigenvalue weighted by molar-refractivity contribution is 0.409. The minimum Gasteiger partial charge on any atom is -0.455 e. The molecular formula is C51H36N4OS. The number of anilines is 3. The van der Waals surface area contributed by atoms with Crippen LogP contribution in [0.2, 0.25) is 0 Å². The van der Waals surface area contributed by atoms with E-state index >= 15 is 0 Å². The molecule has 10 aromatic rings. The number of furan rings is 1. The van der Waals surface area contributed by atoms with Crippen LogP contribution >= 0.6 is 11.3 Å². The lowest BCUT2D eigenvalue weighted by Crippen LogP contribution is -2.45. The maximum atomic E-state index is 6.88. The van der Waals surface area contributed by atoms with E-state index in [9.17, 15) is 0 Å². The molecule has 11 rings (SSSR count). The summed E-state index contributed by atoms with van der Waals surface area (Å²) in [4.78, 5) is 7.76. The molecule has 0 radical (unpaired) electrons. The third-order valence-electron chi connectivity index (χ3n) is 11.0. The zero-order valence-electron chi connectivity index (χ0n) is 30.8. The van der Waals surface area contributed by atoms with Crippen molar-refractivity contribution >= 4 is 76.3 Å². The second-order valence-electron chi connectivity index (χ2n) is 14.4. The largest absolute Gasteiger partial charge is 0.455 e. The van der Waals surface area contributed by atoms with Crippen molar-refractivity contribution in [1.82, 2.24) is 10.6 Å². The third kappa shape index (κ3) is 5.94. The summed E-state index contributed by atoms with van der Waals surface area (Å²) in [7, 11) is 0. The number of thiophene rings is 1. The number of nitrogens with zero attached hydrogens (tertiary/aromatic N) is 2. The molecule has 272 valence electrons. The van der Waals surface area contributed by atoms with Crippen LogP contribution in [0.5, 0.6) is 0 Å². The Balaban J connectivity index is 1.08. The predicted molar refractivity (Wildman–Crippen MR) is 238 cm³/mol. The number of para-hydroxylation sites is 2. The summed E-state index contributed by atoms with van der Waals surface area (Å²) in [6, 6.07) is 68.5. The Labute approximate surface area is 334 Å². The minimum absolute atomic E-state index is 0.190. The smallest absolute Gasteiger partial charge is 0.148 e. The van der Waals surface area contributed by atoms with Crippen molar-refractivity contribution in [1.29, 1.82) is 0 Å². The number of nitrogens with one attached hydrogen (secondary N) is 2. The molecule has 2 N–H and O–H groups in total. The Hall–Kier alpha value is -6.99. The highest BCUT2D eigenvalue weighted by Crippen LogP contribution is 2.45. The number of hydrogen-bond donors (Lipinski definition) is 2. The number of aliphatic imine (C=N–C) groups is 1. The average molecular weight is 753 g/mol. The minimum atomic E-state index is -0.302. The van der Waals surface area contributed by atoms with Crippen molar-refractivity contribution in [2.45, 2.75) is 12.3 Å². The third-order valence-corrected chi connectivity index (χ3v) is 12.1. The molecule has 0 saturated carbocycles. The zero-order chi connectivity index (χ0) is 37.7. The molecule has 0 bridgehead atoms. The molecule has 0 amide bonds. The fraction of sp³-hybridized carbons (Fsp3) is 0.0392. The highest BCUT2D eigenvalue weighted by molar-refractivity contribution is 7.25. The molecule has 2 aromatic heterocycles. The molecule has 5 nitrogen and oxygen atoms in total. The van der Waals surface area contributed by atoms with Crippen molar-refractivity contribution in [2.24, 2.45) is 4.99 Å². The van der Waals surface area contributed by atoms with E-state index < -0.39 is 0 Å². The fourth-order valence-electron chi connectivity index (χ4n) is 8.22. The van der Waals surface area contributed by atoms with Crippen molar-refractivity contribution < 1.29 is 4.42 Å². The van der Waals surface area contributed by atoms with Crippen LogP contribution in [0, 0.1) is 0 Å². The fourth-order valence-corrected chi connectivity index (χ4v) is 9.37. The zero-order valence-corrected chi connectivity index (χ0v) is 31.7. The first-order valence-electron chi connectivity index (χ1n) is 19.3. The molecule has 0 saturated heterocycles. The van der Waals surface area contributed by atoms with E-state index in [1.165, 1.54) is 31.3 Å². The van der Waals surface area contributed by atoms with Gasteiger partial charge in [-0.05, 0) is 76.9 Å². The van der Waals surface area contributed by atoms with Gasteiger partial charge < -0.3 is 14.6 Å². The topological polar surface area (TPSA) is 52.8 Å². The maximum Gasteiger partial charge on any atom is 0.148 e. The summed E-state index contributed by atoms with van der Waals surface area (Å²) in [5, 5.41) is 12.2. The van der Waals surface area contributed by atoms with Gasteiger partial charge in [-0.25, -0.2) is 4.99 Å². The van der Waals surface area contributed by atoms with E-state index in [-0.39, 0.29) is 12.3 Å². The predicted octanol–water partition coefficient (Wildman–Crippen LogP) is 13.4. The number of rotatable bonds is 7. The first-order valence-corrected chi connectivity index (χ1v) is 20.1. The van der Waals surface area contributed by atoms with Gasteiger partial charge in [-0.3, -0.25) is 5.32 Å². The quantitative estimate of drug-likeness (QED) is 0.170. The summed E-state index contributed by atoms with van der Waals surface area (Å²) in [5.74, 6) is 0.776. The first kappa shape index (κ1) is 33.4. The summed E-state index contributed by atoms with van der Waals surface area (Å²) < 4.78 is 9.43. The van der Waals surface area contributed by atoms with Gasteiger partial charge in [-0.1, -0.05) is 140 Å². The lowest BCUT2D eigenvalue weighted by Gasteiger charge is -2.32. The van der Waals surface area contributed by atoms with Crippen LogP contribution in [0.3, 0.4) is 0 Å². The second-order valence-corrected chi connectivity index (χ2v) is 15.5. The SMILES string of the molecule is c1ccc(-c2ccc(N(c3ccccc3)c3ccc(C4=NC(c5ccc6c(c5)sc5ccccc56)NC(c5ccccc5)N4)c4oc5ccccc5c34)cc2)cc1. The van der Waals surface area contributed by atoms with Crippen LogP contribution < -0.4 is 15.5 Å². The molecule has 3 heterocycles. The highest BCUT2D eigenvalue weighted by Gasteiger charge is 2.29. The Kier molecular flexibility index (Phi) is 8.16. The monoisotopic (exact) mass is 752 g/mol. The summed E-state index contributed by atoms with van der Waals surface area (Å²) >= 11 is 1.83. The van der Waals surface area contributed by atoms with Crippen molar-refractivity contribution in [2.75, 3.05) is 4.90 Å². The molecule has 0 spiro atoms. The van der Waals surface area contributed by atoms with Gasteiger partial charge in [-0.15, -0.1) is 11.3 Å². The lowest BCUT2D eigenvalue weighted by atomic mass is 10.0. The number of fused-ring (bicyclic) bond motifs is 6. The van der Waals surface area contributed by atoms with Crippen LogP contribution in [0.25, 0.3) is 53.2 Å². The highest BCUT2D eigenvalue weighted by atomic mass is 32.1. The first-order chi connectivity index (χ1) is 28.2. The van der Waals surface area contributed by atoms with Crippen LogP contribution in [0.4, 0.5) is 17.1 Å². The van der Waals surface area contributed by atoms with Crippen LogP contribution in [-0.4, -0.2) is 5.84 Å². The van der Waals surface area contributed by atoms with E-state index in [1.54, 1.807) is 0 Å². The average Bonchev–Trinajstić information content (AvgIpc) is 3.86. The van der Waals surface area contributed by atoms with Gasteiger partial charge in [0.05, 0.1) is 16.6 Å². The van der Waals surface area contributed by atoms with Gasteiger partial charge in [0.25, 0.3) is 0 Å². The van der Waals surface area contributed by atoms with E-state index in [2.05, 4.69) is 204 Å². The van der Waals surface area contributed by atoms with Gasteiger partial charge >= 0.3 is 0 Å². The standard InChI is InChI=1S/C51H36N4OS/c1-4-14-33(15-5-1)34-24-27-38(28-25-34)55(37-18-8-3-9-19-37)43-31-30-42(48-47(43)41-21-10-12-22-44(41)56-48)51-53-49(35-16-6-2-7-17-35)52-50(54-51)36-26-29-40-39-20-11-13-23-45(39)57-46(40)32-36/h1-32,49-50,52H,(H,53,54). The van der Waals surface area contributed by atoms with E-state index in [1.807, 2.05) is 17.4 Å². The van der Waals surface area contributed by atoms with E-state index in [4.69, 9.17) is 9.41 Å². The number of benzene rings is 8. The molecular weight excluding hydrogens is 717 g/mol. The van der Waals surface area contributed by atoms with Crippen molar-refractivity contribution in [3.63, 3.8) is 0 Å². The Morgan fingerprint density at radius 2 is 1.18 bits per heavy atom. The molecule has 1 aliphatic rings. The molecule has 8 aromatic carbocycles. The summed E-state index contributed by atoms with van der Waals surface area (Å²) in [5.41, 5.74) is 10.3. The Bertz CT molecular complexity index is 3080. The van der Waals surface area contributed by atoms with Gasteiger partial charge in [0.15, 0.2) is 0 Å². The van der Waals surface area contributed by atoms with Gasteiger partial charge in [0, 0.05) is 36.9 Å². The number of hydrogen-bond acceptors (Lipinski definition) is 6. The molecule has 6 heteroatoms. The van der Waals surface area contributed by atoms with Gasteiger partial charge in [0.2, 0.25) is 0 Å². The van der Waals surface area contributed by atoms with Gasteiger partial charge in [0.1, 0.15) is 29.3 Å². The molecule has 0 aliphatic carbocycles. The van der Waals surface area contributed by atoms with Crippen molar-refractivity contribution in [3.05, 3.63) is 211 Å². The van der Waals surface area contributed by atoms with Crippen LogP contribution in [-0.2, 0) is 0 Å². The van der Waals surface area contributed by atoms with Crippen LogP contribution in [0.15, 0.2) is 204 Å². The van der Waals surface area contributed by atoms with E-state index in [0.717, 1.165) is 61.5 Å². The van der Waals surface area contributed by atoms with Crippen LogP contribution in [0.1, 0.15) is 29.0 Å². The summed E-state index contributed by atoms with van der Waals surface area (Å²) in [6.07, 6.45) is -0.492. The molecule has 1 aliphatic heterocycles. The second kappa shape index (κ2) is 13.9.